The van der Waals surface area contributed by atoms with E-state index in [1.807, 2.05) is 6.07 Å². The van der Waals surface area contributed by atoms with E-state index in [4.69, 9.17) is 5.73 Å². The average molecular weight is 164 g/mol. The number of nitrogens with zero attached hydrogens (tertiary/aromatic N) is 3. The van der Waals surface area contributed by atoms with Crippen LogP contribution in [-0.4, -0.2) is 23.1 Å². The number of aromatic nitrogens is 2. The minimum absolute atomic E-state index is 0.548. The van der Waals surface area contributed by atoms with Gasteiger partial charge in [0.25, 0.3) is 0 Å². The third kappa shape index (κ3) is 1.32. The largest absolute Gasteiger partial charge is 0.384 e. The van der Waals surface area contributed by atoms with Gasteiger partial charge in [-0.25, -0.2) is 9.97 Å². The molecule has 0 radical (unpaired) electrons. The third-order valence-electron chi connectivity index (χ3n) is 2.10. The summed E-state index contributed by atoms with van der Waals surface area (Å²) < 4.78 is 0. The van der Waals surface area contributed by atoms with E-state index in [1.165, 1.54) is 19.2 Å². The molecule has 0 saturated carbocycles. The van der Waals surface area contributed by atoms with Gasteiger partial charge in [-0.05, 0) is 12.8 Å². The van der Waals surface area contributed by atoms with Crippen LogP contribution in [0.25, 0.3) is 0 Å². The van der Waals surface area contributed by atoms with Gasteiger partial charge in [-0.2, -0.15) is 0 Å². The molecule has 0 unspecified atom stereocenters. The summed E-state index contributed by atoms with van der Waals surface area (Å²) in [6.07, 6.45) is 4.02. The molecule has 0 spiro atoms. The first kappa shape index (κ1) is 7.34. The van der Waals surface area contributed by atoms with Crippen LogP contribution < -0.4 is 10.6 Å². The summed E-state index contributed by atoms with van der Waals surface area (Å²) in [6.45, 7) is 2.19. The molecule has 1 aromatic heterocycles. The quantitative estimate of drug-likeness (QED) is 0.662. The Morgan fingerprint density at radius 1 is 1.25 bits per heavy atom. The molecular weight excluding hydrogens is 152 g/mol. The number of anilines is 2. The molecule has 1 aliphatic rings. The Kier molecular flexibility index (Phi) is 1.81. The Bertz CT molecular complexity index is 268. The summed E-state index contributed by atoms with van der Waals surface area (Å²) in [7, 11) is 0. The summed E-state index contributed by atoms with van der Waals surface area (Å²) in [5.41, 5.74) is 5.55. The van der Waals surface area contributed by atoms with E-state index >= 15 is 0 Å². The predicted molar refractivity (Wildman–Crippen MR) is 47.9 cm³/mol. The van der Waals surface area contributed by atoms with E-state index in [0.29, 0.717) is 5.82 Å². The molecule has 4 heteroatoms. The molecule has 1 aromatic rings. The van der Waals surface area contributed by atoms with Crippen molar-refractivity contribution < 1.29 is 0 Å². The summed E-state index contributed by atoms with van der Waals surface area (Å²) in [5, 5.41) is 0. The molecule has 1 saturated heterocycles. The lowest BCUT2D eigenvalue weighted by atomic mass is 10.4. The van der Waals surface area contributed by atoms with E-state index in [1.54, 1.807) is 0 Å². The molecule has 2 N–H and O–H groups in total. The molecule has 0 bridgehead atoms. The maximum absolute atomic E-state index is 5.55. The minimum atomic E-state index is 0.548. The number of nitrogens with two attached hydrogens (primary N) is 1. The van der Waals surface area contributed by atoms with Gasteiger partial charge in [-0.3, -0.25) is 0 Å². The molecule has 0 aromatic carbocycles. The minimum Gasteiger partial charge on any atom is -0.384 e. The second-order valence-corrected chi connectivity index (χ2v) is 3.00. The highest BCUT2D eigenvalue weighted by Gasteiger charge is 2.13. The molecule has 0 atom stereocenters. The van der Waals surface area contributed by atoms with Crippen molar-refractivity contribution in [1.29, 1.82) is 0 Å². The number of hydrogen-bond acceptors (Lipinski definition) is 4. The average Bonchev–Trinajstić information content (AvgIpc) is 2.56. The highest BCUT2D eigenvalue weighted by atomic mass is 15.2. The zero-order valence-electron chi connectivity index (χ0n) is 6.90. The molecule has 0 aliphatic carbocycles. The fraction of sp³-hybridized carbons (Fsp3) is 0.500. The van der Waals surface area contributed by atoms with E-state index in [0.717, 1.165) is 18.9 Å². The summed E-state index contributed by atoms with van der Waals surface area (Å²) in [4.78, 5) is 10.2. The zero-order chi connectivity index (χ0) is 8.39. The van der Waals surface area contributed by atoms with Crippen LogP contribution in [0.3, 0.4) is 0 Å². The zero-order valence-corrected chi connectivity index (χ0v) is 6.90. The van der Waals surface area contributed by atoms with Crippen LogP contribution in [0.5, 0.6) is 0 Å². The molecule has 0 amide bonds. The van der Waals surface area contributed by atoms with Gasteiger partial charge in [0.2, 0.25) is 0 Å². The van der Waals surface area contributed by atoms with Crippen molar-refractivity contribution in [3.8, 4) is 0 Å². The van der Waals surface area contributed by atoms with E-state index in [2.05, 4.69) is 14.9 Å². The van der Waals surface area contributed by atoms with Crippen LogP contribution in [0.1, 0.15) is 12.8 Å². The smallest absolute Gasteiger partial charge is 0.134 e. The van der Waals surface area contributed by atoms with Crippen LogP contribution in [0.4, 0.5) is 11.6 Å². The highest BCUT2D eigenvalue weighted by molar-refractivity contribution is 5.46. The van der Waals surface area contributed by atoms with E-state index in [-0.39, 0.29) is 0 Å². The Hall–Kier alpha value is -1.32. The van der Waals surface area contributed by atoms with Gasteiger partial charge in [-0.1, -0.05) is 0 Å². The van der Waals surface area contributed by atoms with Gasteiger partial charge < -0.3 is 10.6 Å². The fourth-order valence-electron chi connectivity index (χ4n) is 1.48. The van der Waals surface area contributed by atoms with E-state index < -0.39 is 0 Å². The van der Waals surface area contributed by atoms with Gasteiger partial charge in [0.05, 0.1) is 0 Å². The molecule has 64 valence electrons. The lowest BCUT2D eigenvalue weighted by Crippen LogP contribution is -2.19. The first-order valence-electron chi connectivity index (χ1n) is 4.19. The molecule has 2 rings (SSSR count). The van der Waals surface area contributed by atoms with Crippen molar-refractivity contribution in [2.45, 2.75) is 12.8 Å². The van der Waals surface area contributed by atoms with Crippen molar-refractivity contribution >= 4 is 11.6 Å². The Morgan fingerprint density at radius 2 is 2.00 bits per heavy atom. The SMILES string of the molecule is Nc1cc(N2CCCC2)ncn1. The topological polar surface area (TPSA) is 55.0 Å². The molecule has 1 aliphatic heterocycles. The Labute approximate surface area is 71.4 Å². The number of rotatable bonds is 1. The van der Waals surface area contributed by atoms with Crippen molar-refractivity contribution in [1.82, 2.24) is 9.97 Å². The normalized spacial score (nSPS) is 16.8. The van der Waals surface area contributed by atoms with Gasteiger partial charge in [0.15, 0.2) is 0 Å². The van der Waals surface area contributed by atoms with Crippen LogP contribution >= 0.6 is 0 Å². The lowest BCUT2D eigenvalue weighted by Gasteiger charge is -2.15. The van der Waals surface area contributed by atoms with Crippen LogP contribution in [-0.2, 0) is 0 Å². The number of hydrogen-bond donors (Lipinski definition) is 1. The lowest BCUT2D eigenvalue weighted by molar-refractivity contribution is 0.929. The van der Waals surface area contributed by atoms with Crippen molar-refractivity contribution in [3.05, 3.63) is 12.4 Å². The molecule has 12 heavy (non-hydrogen) atoms. The molecule has 4 nitrogen and oxygen atoms in total. The third-order valence-corrected chi connectivity index (χ3v) is 2.10. The highest BCUT2D eigenvalue weighted by Crippen LogP contribution is 2.17. The maximum Gasteiger partial charge on any atom is 0.134 e. The maximum atomic E-state index is 5.55. The monoisotopic (exact) mass is 164 g/mol. The molecular formula is C8H12N4. The first-order valence-corrected chi connectivity index (χ1v) is 4.19. The van der Waals surface area contributed by atoms with Crippen molar-refractivity contribution in [3.63, 3.8) is 0 Å². The predicted octanol–water partition coefficient (Wildman–Crippen LogP) is 0.659. The van der Waals surface area contributed by atoms with Gasteiger partial charge in [0, 0.05) is 19.2 Å². The van der Waals surface area contributed by atoms with Crippen LogP contribution in [0, 0.1) is 0 Å². The van der Waals surface area contributed by atoms with Crippen molar-refractivity contribution in [2.75, 3.05) is 23.7 Å². The van der Waals surface area contributed by atoms with E-state index in [9.17, 15) is 0 Å². The summed E-state index contributed by atoms with van der Waals surface area (Å²) in [6, 6.07) is 1.82. The van der Waals surface area contributed by atoms with Crippen LogP contribution in [0.2, 0.25) is 0 Å². The summed E-state index contributed by atoms with van der Waals surface area (Å²) in [5.74, 6) is 1.51. The summed E-state index contributed by atoms with van der Waals surface area (Å²) >= 11 is 0. The van der Waals surface area contributed by atoms with Gasteiger partial charge >= 0.3 is 0 Å². The van der Waals surface area contributed by atoms with Crippen LogP contribution in [0.15, 0.2) is 12.4 Å². The molecule has 1 fully saturated rings. The standard InChI is InChI=1S/C8H12N4/c9-7-5-8(11-6-10-7)12-3-1-2-4-12/h5-6H,1-4H2,(H2,9,10,11). The second-order valence-electron chi connectivity index (χ2n) is 3.00. The van der Waals surface area contributed by atoms with Gasteiger partial charge in [0.1, 0.15) is 18.0 Å². The Balaban J connectivity index is 2.21. The van der Waals surface area contributed by atoms with Crippen molar-refractivity contribution in [2.24, 2.45) is 0 Å². The number of nitrogen functional groups attached to an aromatic ring is 1. The first-order chi connectivity index (χ1) is 5.86. The van der Waals surface area contributed by atoms with Gasteiger partial charge in [-0.15, -0.1) is 0 Å². The Morgan fingerprint density at radius 3 is 2.67 bits per heavy atom. The fourth-order valence-corrected chi connectivity index (χ4v) is 1.48. The molecule has 2 heterocycles. The second kappa shape index (κ2) is 2.97.